The summed E-state index contributed by atoms with van der Waals surface area (Å²) < 4.78 is 2.06. The first-order valence-corrected chi connectivity index (χ1v) is 14.2. The lowest BCUT2D eigenvalue weighted by Crippen LogP contribution is -2.61. The number of carbonyl (C=O) groups excluding carboxylic acids is 2. The molecule has 202 valence electrons. The van der Waals surface area contributed by atoms with Gasteiger partial charge in [-0.15, -0.1) is 0 Å². The first-order valence-electron chi connectivity index (χ1n) is 14.2. The first-order chi connectivity index (χ1) is 19.6. The number of anilines is 1. The number of aromatic nitrogens is 2. The molecule has 0 spiro atoms. The van der Waals surface area contributed by atoms with Gasteiger partial charge >= 0.3 is 0 Å². The molecule has 2 aliphatic carbocycles. The Morgan fingerprint density at radius 1 is 0.950 bits per heavy atom. The third-order valence-electron chi connectivity index (χ3n) is 8.45. The van der Waals surface area contributed by atoms with Gasteiger partial charge in [0.15, 0.2) is 0 Å². The summed E-state index contributed by atoms with van der Waals surface area (Å²) in [5.41, 5.74) is 4.15. The van der Waals surface area contributed by atoms with Crippen molar-refractivity contribution in [2.24, 2.45) is 0 Å². The molecule has 6 rings (SSSR count). The Balaban J connectivity index is 1.25. The van der Waals surface area contributed by atoms with Crippen LogP contribution < -0.4 is 10.6 Å². The Morgan fingerprint density at radius 2 is 1.70 bits per heavy atom. The van der Waals surface area contributed by atoms with Crippen LogP contribution in [0.15, 0.2) is 72.8 Å². The maximum atomic E-state index is 13.5. The Labute approximate surface area is 234 Å². The summed E-state index contributed by atoms with van der Waals surface area (Å²) in [6.07, 6.45) is 8.40. The first kappa shape index (κ1) is 25.8. The molecule has 1 aromatic heterocycles. The fourth-order valence-electron chi connectivity index (χ4n) is 6.06. The quantitative estimate of drug-likeness (QED) is 0.287. The number of rotatable bonds is 7. The highest BCUT2D eigenvalue weighted by molar-refractivity contribution is 6.05. The summed E-state index contributed by atoms with van der Waals surface area (Å²) in [5.74, 6) is -0.0433. The van der Waals surface area contributed by atoms with Crippen molar-refractivity contribution in [3.63, 3.8) is 0 Å². The Hall–Kier alpha value is -4.44. The molecule has 0 saturated heterocycles. The molecule has 4 aromatic rings. The van der Waals surface area contributed by atoms with Crippen molar-refractivity contribution in [3.05, 3.63) is 89.6 Å². The molecule has 2 amide bonds. The minimum atomic E-state index is -0.936. The fourth-order valence-corrected chi connectivity index (χ4v) is 6.06. The number of nitrogens with zero attached hydrogens (tertiary/aromatic N) is 3. The van der Waals surface area contributed by atoms with Gasteiger partial charge in [-0.1, -0.05) is 55.7 Å². The van der Waals surface area contributed by atoms with E-state index in [1.165, 1.54) is 25.0 Å². The molecular formula is C33H33N5O2. The van der Waals surface area contributed by atoms with E-state index in [0.29, 0.717) is 36.4 Å². The highest BCUT2D eigenvalue weighted by atomic mass is 16.2. The zero-order valence-electron chi connectivity index (χ0n) is 22.5. The second-order valence-electron chi connectivity index (χ2n) is 11.1. The predicted molar refractivity (Wildman–Crippen MR) is 155 cm³/mol. The van der Waals surface area contributed by atoms with Crippen LogP contribution >= 0.6 is 0 Å². The van der Waals surface area contributed by atoms with Gasteiger partial charge in [-0.2, -0.15) is 10.4 Å². The maximum Gasteiger partial charge on any atom is 0.252 e. The average molecular weight is 532 g/mol. The SMILES string of the molecule is N#CCc1ccc(NC(=O)C2(NC(=O)c3ccc4c(C5CCCCC5)n(-c5ccccc5)nc4c3)CCC2)cc1. The molecule has 0 atom stereocenters. The number of para-hydroxylation sites is 1. The fraction of sp³-hybridized carbons (Fsp3) is 0.333. The predicted octanol–water partition coefficient (Wildman–Crippen LogP) is 6.43. The van der Waals surface area contributed by atoms with Gasteiger partial charge in [-0.05, 0) is 74.1 Å². The third-order valence-corrected chi connectivity index (χ3v) is 8.45. The van der Waals surface area contributed by atoms with Crippen molar-refractivity contribution in [1.82, 2.24) is 15.1 Å². The monoisotopic (exact) mass is 531 g/mol. The summed E-state index contributed by atoms with van der Waals surface area (Å²) in [6, 6.07) is 25.3. The van der Waals surface area contributed by atoms with E-state index >= 15 is 0 Å². The summed E-state index contributed by atoms with van der Waals surface area (Å²) in [6.45, 7) is 0. The summed E-state index contributed by atoms with van der Waals surface area (Å²) in [4.78, 5) is 26.8. The lowest BCUT2D eigenvalue weighted by atomic mass is 9.75. The smallest absolute Gasteiger partial charge is 0.252 e. The van der Waals surface area contributed by atoms with Crippen LogP contribution in [-0.4, -0.2) is 27.1 Å². The number of nitriles is 1. The van der Waals surface area contributed by atoms with Crippen molar-refractivity contribution in [2.75, 3.05) is 5.32 Å². The van der Waals surface area contributed by atoms with E-state index in [0.717, 1.165) is 41.4 Å². The molecule has 7 nitrogen and oxygen atoms in total. The van der Waals surface area contributed by atoms with Gasteiger partial charge < -0.3 is 10.6 Å². The van der Waals surface area contributed by atoms with Gasteiger partial charge in [0.2, 0.25) is 5.91 Å². The zero-order valence-corrected chi connectivity index (χ0v) is 22.5. The Kier molecular flexibility index (Phi) is 7.08. The van der Waals surface area contributed by atoms with Gasteiger partial charge in [0.1, 0.15) is 5.54 Å². The third kappa shape index (κ3) is 4.98. The van der Waals surface area contributed by atoms with E-state index < -0.39 is 5.54 Å². The molecular weight excluding hydrogens is 498 g/mol. The molecule has 0 bridgehead atoms. The van der Waals surface area contributed by atoms with Gasteiger partial charge in [0.05, 0.1) is 29.4 Å². The molecule has 0 unspecified atom stereocenters. The molecule has 2 aliphatic rings. The molecule has 2 saturated carbocycles. The van der Waals surface area contributed by atoms with E-state index in [-0.39, 0.29) is 11.8 Å². The average Bonchev–Trinajstić information content (AvgIpc) is 3.36. The summed E-state index contributed by atoms with van der Waals surface area (Å²) in [7, 11) is 0. The van der Waals surface area contributed by atoms with Gasteiger partial charge in [-0.25, -0.2) is 4.68 Å². The molecule has 0 aliphatic heterocycles. The van der Waals surface area contributed by atoms with Gasteiger partial charge in [0, 0.05) is 22.6 Å². The van der Waals surface area contributed by atoms with Crippen molar-refractivity contribution < 1.29 is 9.59 Å². The van der Waals surface area contributed by atoms with Crippen molar-refractivity contribution >= 4 is 28.4 Å². The highest BCUT2D eigenvalue weighted by Gasteiger charge is 2.45. The van der Waals surface area contributed by atoms with Gasteiger partial charge in [-0.3, -0.25) is 9.59 Å². The second-order valence-corrected chi connectivity index (χ2v) is 11.1. The summed E-state index contributed by atoms with van der Waals surface area (Å²) >= 11 is 0. The number of fused-ring (bicyclic) bond motifs is 1. The largest absolute Gasteiger partial charge is 0.338 e. The number of benzene rings is 3. The van der Waals surface area contributed by atoms with E-state index in [2.05, 4.69) is 33.5 Å². The number of amides is 2. The maximum absolute atomic E-state index is 13.5. The van der Waals surface area contributed by atoms with Crippen LogP contribution in [0.25, 0.3) is 16.6 Å². The molecule has 40 heavy (non-hydrogen) atoms. The number of hydrogen-bond donors (Lipinski definition) is 2. The molecule has 2 fully saturated rings. The van der Waals surface area contributed by atoms with Crippen LogP contribution in [0.2, 0.25) is 0 Å². The topological polar surface area (TPSA) is 99.8 Å². The van der Waals surface area contributed by atoms with Crippen LogP contribution in [0.4, 0.5) is 5.69 Å². The highest BCUT2D eigenvalue weighted by Crippen LogP contribution is 2.38. The number of hydrogen-bond acceptors (Lipinski definition) is 4. The lowest BCUT2D eigenvalue weighted by molar-refractivity contribution is -0.125. The van der Waals surface area contributed by atoms with Crippen LogP contribution in [0, 0.1) is 11.3 Å². The Morgan fingerprint density at radius 3 is 2.38 bits per heavy atom. The van der Waals surface area contributed by atoms with Crippen LogP contribution in [-0.2, 0) is 11.2 Å². The number of carbonyl (C=O) groups is 2. The van der Waals surface area contributed by atoms with E-state index in [1.807, 2.05) is 48.5 Å². The standard InChI is InChI=1S/C33H33N5O2/c34-21-18-23-12-15-26(16-13-23)35-32(40)33(19-7-20-33)36-31(39)25-14-17-28-29(22-25)37-38(27-10-5-2-6-11-27)30(28)24-8-3-1-4-9-24/h2,5-6,10-17,22,24H,1,3-4,7-9,18-20H2,(H,35,40)(H,36,39). The van der Waals surface area contributed by atoms with E-state index in [9.17, 15) is 9.59 Å². The Bertz CT molecular complexity index is 1570. The lowest BCUT2D eigenvalue weighted by Gasteiger charge is -2.40. The minimum Gasteiger partial charge on any atom is -0.338 e. The second kappa shape index (κ2) is 11.0. The minimum absolute atomic E-state index is 0.214. The molecule has 3 aromatic carbocycles. The number of nitrogens with one attached hydrogen (secondary N) is 2. The van der Waals surface area contributed by atoms with E-state index in [4.69, 9.17) is 10.4 Å². The van der Waals surface area contributed by atoms with Crippen LogP contribution in [0.1, 0.15) is 78.9 Å². The van der Waals surface area contributed by atoms with Crippen molar-refractivity contribution in [3.8, 4) is 11.8 Å². The van der Waals surface area contributed by atoms with Gasteiger partial charge in [0.25, 0.3) is 5.91 Å². The van der Waals surface area contributed by atoms with Crippen molar-refractivity contribution in [1.29, 1.82) is 5.26 Å². The molecule has 2 N–H and O–H groups in total. The summed E-state index contributed by atoms with van der Waals surface area (Å²) in [5, 5.41) is 20.9. The molecule has 0 radical (unpaired) electrons. The van der Waals surface area contributed by atoms with Crippen molar-refractivity contribution in [2.45, 2.75) is 69.2 Å². The van der Waals surface area contributed by atoms with Crippen LogP contribution in [0.5, 0.6) is 0 Å². The molecule has 1 heterocycles. The zero-order chi connectivity index (χ0) is 27.5. The van der Waals surface area contributed by atoms with Crippen LogP contribution in [0.3, 0.4) is 0 Å². The van der Waals surface area contributed by atoms with E-state index in [1.54, 1.807) is 12.1 Å². The molecule has 7 heteroatoms. The normalized spacial score (nSPS) is 16.6.